The number of unbranched alkanes of at least 4 members (excludes halogenated alkanes) is 1. The topological polar surface area (TPSA) is 24.9 Å². The molecule has 86 valence electrons. The van der Waals surface area contributed by atoms with E-state index in [2.05, 4.69) is 36.5 Å². The van der Waals surface area contributed by atoms with Gasteiger partial charge in [0.15, 0.2) is 0 Å². The second-order valence-corrected chi connectivity index (χ2v) is 5.12. The molecule has 0 radical (unpaired) electrons. The van der Waals surface area contributed by atoms with E-state index in [1.54, 1.807) is 11.3 Å². The lowest BCUT2D eigenvalue weighted by Gasteiger charge is -2.01. The van der Waals surface area contributed by atoms with Crippen molar-refractivity contribution in [3.8, 4) is 0 Å². The molecule has 0 amide bonds. The van der Waals surface area contributed by atoms with Gasteiger partial charge in [-0.25, -0.2) is 4.98 Å². The summed E-state index contributed by atoms with van der Waals surface area (Å²) in [7, 11) is 0. The fourth-order valence-corrected chi connectivity index (χ4v) is 2.29. The highest BCUT2D eigenvalue weighted by Crippen LogP contribution is 2.17. The summed E-state index contributed by atoms with van der Waals surface area (Å²) in [5.74, 6) is 0.558. The van der Waals surface area contributed by atoms with Crippen LogP contribution in [0.25, 0.3) is 0 Å². The Morgan fingerprint density at radius 2 is 2.20 bits per heavy atom. The van der Waals surface area contributed by atoms with E-state index < -0.39 is 0 Å². The van der Waals surface area contributed by atoms with Gasteiger partial charge in [0.2, 0.25) is 0 Å². The van der Waals surface area contributed by atoms with Crippen LogP contribution in [-0.4, -0.2) is 18.1 Å². The molecule has 15 heavy (non-hydrogen) atoms. The maximum Gasteiger partial charge on any atom is 0.0941 e. The Hall–Kier alpha value is -0.410. The van der Waals surface area contributed by atoms with Crippen LogP contribution in [0.3, 0.4) is 0 Å². The van der Waals surface area contributed by atoms with Gasteiger partial charge in [-0.05, 0) is 18.9 Å². The van der Waals surface area contributed by atoms with Crippen molar-refractivity contribution in [1.82, 2.24) is 10.3 Å². The van der Waals surface area contributed by atoms with E-state index >= 15 is 0 Å². The average molecular weight is 226 g/mol. The van der Waals surface area contributed by atoms with Gasteiger partial charge in [0, 0.05) is 18.3 Å². The first-order valence-corrected chi connectivity index (χ1v) is 6.77. The third-order valence-electron chi connectivity index (χ3n) is 2.38. The van der Waals surface area contributed by atoms with E-state index in [0.29, 0.717) is 5.92 Å². The Balaban J connectivity index is 2.20. The van der Waals surface area contributed by atoms with Gasteiger partial charge in [-0.2, -0.15) is 0 Å². The van der Waals surface area contributed by atoms with E-state index in [0.717, 1.165) is 19.5 Å². The molecule has 1 aromatic heterocycles. The lowest BCUT2D eigenvalue weighted by atomic mass is 10.2. The number of nitrogens with zero attached hydrogens (tertiary/aromatic N) is 1. The number of rotatable bonds is 7. The molecule has 0 aliphatic heterocycles. The number of hydrogen-bond donors (Lipinski definition) is 1. The number of thiazole rings is 1. The Morgan fingerprint density at radius 3 is 2.80 bits per heavy atom. The first-order chi connectivity index (χ1) is 7.24. The van der Waals surface area contributed by atoms with Crippen LogP contribution in [0.2, 0.25) is 0 Å². The van der Waals surface area contributed by atoms with Crippen molar-refractivity contribution >= 4 is 11.3 Å². The average Bonchev–Trinajstić information content (AvgIpc) is 2.66. The Bertz CT molecular complexity index is 268. The number of nitrogens with one attached hydrogen (secondary N) is 1. The zero-order valence-electron chi connectivity index (χ0n) is 10.0. The van der Waals surface area contributed by atoms with E-state index in [4.69, 9.17) is 0 Å². The molecule has 0 unspecified atom stereocenters. The molecular formula is C12H22N2S. The lowest BCUT2D eigenvalue weighted by Crippen LogP contribution is -2.18. The lowest BCUT2D eigenvalue weighted by molar-refractivity contribution is 0.638. The summed E-state index contributed by atoms with van der Waals surface area (Å²) in [6.07, 6.45) is 3.61. The molecule has 3 heteroatoms. The van der Waals surface area contributed by atoms with Gasteiger partial charge in [0.1, 0.15) is 0 Å². The summed E-state index contributed by atoms with van der Waals surface area (Å²) in [6, 6.07) is 0. The van der Waals surface area contributed by atoms with Crippen molar-refractivity contribution in [2.75, 3.05) is 13.1 Å². The SMILES string of the molecule is CCCCNCCc1nc(C(C)C)cs1. The fraction of sp³-hybridized carbons (Fsp3) is 0.750. The predicted molar refractivity (Wildman–Crippen MR) is 67.7 cm³/mol. The Labute approximate surface area is 97.1 Å². The zero-order chi connectivity index (χ0) is 11.1. The highest BCUT2D eigenvalue weighted by Gasteiger charge is 2.04. The van der Waals surface area contributed by atoms with Crippen LogP contribution in [0.1, 0.15) is 50.2 Å². The van der Waals surface area contributed by atoms with E-state index in [-0.39, 0.29) is 0 Å². The van der Waals surface area contributed by atoms with Crippen LogP contribution < -0.4 is 5.32 Å². The quantitative estimate of drug-likeness (QED) is 0.722. The van der Waals surface area contributed by atoms with Crippen molar-refractivity contribution in [3.05, 3.63) is 16.1 Å². The van der Waals surface area contributed by atoms with E-state index in [1.807, 2.05) is 0 Å². The normalized spacial score (nSPS) is 11.2. The molecule has 1 rings (SSSR count). The largest absolute Gasteiger partial charge is 0.316 e. The Morgan fingerprint density at radius 1 is 1.40 bits per heavy atom. The molecule has 0 aliphatic rings. The molecule has 2 nitrogen and oxygen atoms in total. The first-order valence-electron chi connectivity index (χ1n) is 5.89. The molecule has 0 aliphatic carbocycles. The van der Waals surface area contributed by atoms with Crippen molar-refractivity contribution in [1.29, 1.82) is 0 Å². The zero-order valence-corrected chi connectivity index (χ0v) is 10.9. The first kappa shape index (κ1) is 12.7. The number of hydrogen-bond acceptors (Lipinski definition) is 3. The third-order valence-corrected chi connectivity index (χ3v) is 3.31. The highest BCUT2D eigenvalue weighted by atomic mass is 32.1. The van der Waals surface area contributed by atoms with Crippen molar-refractivity contribution < 1.29 is 0 Å². The minimum atomic E-state index is 0.558. The summed E-state index contributed by atoms with van der Waals surface area (Å²) in [4.78, 5) is 4.61. The maximum atomic E-state index is 4.61. The summed E-state index contributed by atoms with van der Waals surface area (Å²) in [5, 5.41) is 6.89. The fourth-order valence-electron chi connectivity index (χ4n) is 1.33. The van der Waals surface area contributed by atoms with Gasteiger partial charge in [-0.15, -0.1) is 11.3 Å². The molecule has 1 N–H and O–H groups in total. The van der Waals surface area contributed by atoms with E-state index in [9.17, 15) is 0 Å². The molecular weight excluding hydrogens is 204 g/mol. The van der Waals surface area contributed by atoms with Crippen LogP contribution in [0, 0.1) is 0 Å². The molecule has 0 aromatic carbocycles. The predicted octanol–water partition coefficient (Wildman–Crippen LogP) is 3.20. The van der Waals surface area contributed by atoms with Crippen LogP contribution >= 0.6 is 11.3 Å². The molecule has 0 saturated heterocycles. The van der Waals surface area contributed by atoms with Crippen molar-refractivity contribution in [2.24, 2.45) is 0 Å². The summed E-state index contributed by atoms with van der Waals surface area (Å²) in [5.41, 5.74) is 1.24. The van der Waals surface area contributed by atoms with Crippen LogP contribution in [0.5, 0.6) is 0 Å². The van der Waals surface area contributed by atoms with E-state index in [1.165, 1.54) is 23.5 Å². The summed E-state index contributed by atoms with van der Waals surface area (Å²) < 4.78 is 0. The highest BCUT2D eigenvalue weighted by molar-refractivity contribution is 7.09. The van der Waals surface area contributed by atoms with Gasteiger partial charge in [0.05, 0.1) is 10.7 Å². The monoisotopic (exact) mass is 226 g/mol. The molecule has 0 fully saturated rings. The standard InChI is InChI=1S/C12H22N2S/c1-4-5-7-13-8-6-12-14-11(9-15-12)10(2)3/h9-10,13H,4-8H2,1-3H3. The summed E-state index contributed by atoms with van der Waals surface area (Å²) >= 11 is 1.79. The minimum absolute atomic E-state index is 0.558. The van der Waals surface area contributed by atoms with Gasteiger partial charge >= 0.3 is 0 Å². The molecule has 1 heterocycles. The molecule has 0 atom stereocenters. The molecule has 0 saturated carbocycles. The smallest absolute Gasteiger partial charge is 0.0941 e. The van der Waals surface area contributed by atoms with Crippen molar-refractivity contribution in [2.45, 2.75) is 46.0 Å². The van der Waals surface area contributed by atoms with Crippen LogP contribution in [0.15, 0.2) is 5.38 Å². The second-order valence-electron chi connectivity index (χ2n) is 4.17. The minimum Gasteiger partial charge on any atom is -0.316 e. The van der Waals surface area contributed by atoms with Gasteiger partial charge in [-0.1, -0.05) is 27.2 Å². The van der Waals surface area contributed by atoms with Crippen molar-refractivity contribution in [3.63, 3.8) is 0 Å². The van der Waals surface area contributed by atoms with Crippen LogP contribution in [0.4, 0.5) is 0 Å². The molecule has 0 bridgehead atoms. The summed E-state index contributed by atoms with van der Waals surface area (Å²) in [6.45, 7) is 8.80. The number of aromatic nitrogens is 1. The molecule has 1 aromatic rings. The van der Waals surface area contributed by atoms with Gasteiger partial charge in [0.25, 0.3) is 0 Å². The van der Waals surface area contributed by atoms with Crippen LogP contribution in [-0.2, 0) is 6.42 Å². The maximum absolute atomic E-state index is 4.61. The molecule has 0 spiro atoms. The third kappa shape index (κ3) is 4.76. The van der Waals surface area contributed by atoms with Gasteiger partial charge in [-0.3, -0.25) is 0 Å². The second kappa shape index (κ2) is 6.96. The van der Waals surface area contributed by atoms with Gasteiger partial charge < -0.3 is 5.32 Å². The Kier molecular flexibility index (Phi) is 5.88.